The van der Waals surface area contributed by atoms with Gasteiger partial charge in [0.25, 0.3) is 0 Å². The lowest BCUT2D eigenvalue weighted by Gasteiger charge is -2.50. The first kappa shape index (κ1) is 16.7. The number of hydrogen-bond acceptors (Lipinski definition) is 3. The fourth-order valence-corrected chi connectivity index (χ4v) is 3.16. The van der Waals surface area contributed by atoms with Gasteiger partial charge in [-0.05, 0) is 18.6 Å². The molecule has 118 valence electrons. The normalized spacial score (nSPS) is 26.0. The Morgan fingerprint density at radius 3 is 2.71 bits per heavy atom. The van der Waals surface area contributed by atoms with Crippen LogP contribution in [0.1, 0.15) is 25.8 Å². The molecule has 0 saturated carbocycles. The molecule has 0 aliphatic carbocycles. The van der Waals surface area contributed by atoms with Crippen molar-refractivity contribution in [3.8, 4) is 0 Å². The lowest BCUT2D eigenvalue weighted by Crippen LogP contribution is -2.59. The number of nitrogens with zero attached hydrogens (tertiary/aromatic N) is 1. The number of halogens is 2. The molecule has 1 atom stereocenters. The minimum atomic E-state index is -0.837. The number of methoxy groups -OCH3 is 1. The molecule has 0 radical (unpaired) electrons. The maximum absolute atomic E-state index is 13.9. The van der Waals surface area contributed by atoms with Crippen LogP contribution in [0.3, 0.4) is 0 Å². The Morgan fingerprint density at radius 1 is 1.43 bits per heavy atom. The lowest BCUT2D eigenvalue weighted by molar-refractivity contribution is -0.151. The number of aliphatic hydroxyl groups is 1. The molecule has 1 aromatic rings. The van der Waals surface area contributed by atoms with Gasteiger partial charge in [0.1, 0.15) is 5.82 Å². The van der Waals surface area contributed by atoms with Crippen molar-refractivity contribution in [2.24, 2.45) is 5.41 Å². The molecular weight excluding hydrogens is 293 g/mol. The monoisotopic (exact) mass is 315 g/mol. The van der Waals surface area contributed by atoms with Gasteiger partial charge in [0.2, 0.25) is 0 Å². The van der Waals surface area contributed by atoms with E-state index < -0.39 is 5.60 Å². The van der Waals surface area contributed by atoms with Crippen molar-refractivity contribution in [3.05, 3.63) is 34.6 Å². The summed E-state index contributed by atoms with van der Waals surface area (Å²) in [7, 11) is 1.60. The van der Waals surface area contributed by atoms with Gasteiger partial charge in [0.05, 0.1) is 12.2 Å². The molecule has 5 heteroatoms. The Hall–Kier alpha value is -0.680. The molecule has 3 nitrogen and oxygen atoms in total. The third-order valence-electron chi connectivity index (χ3n) is 4.51. The third kappa shape index (κ3) is 3.57. The summed E-state index contributed by atoms with van der Waals surface area (Å²) in [5.74, 6) is -0.280. The van der Waals surface area contributed by atoms with Crippen molar-refractivity contribution in [2.45, 2.75) is 32.4 Å². The molecule has 1 saturated heterocycles. The van der Waals surface area contributed by atoms with E-state index in [4.69, 9.17) is 16.3 Å². The highest BCUT2D eigenvalue weighted by Gasteiger charge is 2.47. The summed E-state index contributed by atoms with van der Waals surface area (Å²) in [5, 5.41) is 11.1. The van der Waals surface area contributed by atoms with Crippen LogP contribution in [-0.2, 0) is 11.3 Å². The first-order valence-corrected chi connectivity index (χ1v) is 7.53. The molecule has 0 bridgehead atoms. The fourth-order valence-electron chi connectivity index (χ4n) is 3.00. The maximum Gasteiger partial charge on any atom is 0.129 e. The van der Waals surface area contributed by atoms with Crippen LogP contribution in [0.25, 0.3) is 0 Å². The molecule has 1 heterocycles. The highest BCUT2D eigenvalue weighted by atomic mass is 35.5. The second-order valence-corrected chi connectivity index (χ2v) is 6.98. The van der Waals surface area contributed by atoms with Crippen molar-refractivity contribution in [3.63, 3.8) is 0 Å². The van der Waals surface area contributed by atoms with Crippen LogP contribution < -0.4 is 0 Å². The molecule has 0 spiro atoms. The van der Waals surface area contributed by atoms with E-state index in [1.807, 2.05) is 13.8 Å². The molecule has 1 N–H and O–H groups in total. The van der Waals surface area contributed by atoms with E-state index in [2.05, 4.69) is 4.90 Å². The Bertz CT molecular complexity index is 509. The van der Waals surface area contributed by atoms with Gasteiger partial charge < -0.3 is 9.84 Å². The van der Waals surface area contributed by atoms with E-state index in [1.54, 1.807) is 19.2 Å². The maximum atomic E-state index is 13.9. The molecule has 1 aromatic carbocycles. The molecule has 1 fully saturated rings. The minimum Gasteiger partial charge on any atom is -0.387 e. The Balaban J connectivity index is 2.08. The van der Waals surface area contributed by atoms with Crippen molar-refractivity contribution in [1.82, 2.24) is 4.90 Å². The number of ether oxygens (including phenoxy) is 1. The Morgan fingerprint density at radius 2 is 2.14 bits per heavy atom. The van der Waals surface area contributed by atoms with Gasteiger partial charge in [0.15, 0.2) is 0 Å². The fraction of sp³-hybridized carbons (Fsp3) is 0.625. The van der Waals surface area contributed by atoms with Crippen LogP contribution in [0.4, 0.5) is 4.39 Å². The van der Waals surface area contributed by atoms with E-state index >= 15 is 0 Å². The molecule has 0 unspecified atom stereocenters. The van der Waals surface area contributed by atoms with Gasteiger partial charge in [-0.2, -0.15) is 0 Å². The average Bonchev–Trinajstić information content (AvgIpc) is 2.38. The second kappa shape index (κ2) is 6.21. The smallest absolute Gasteiger partial charge is 0.129 e. The van der Waals surface area contributed by atoms with Gasteiger partial charge in [-0.3, -0.25) is 4.90 Å². The number of hydrogen-bond donors (Lipinski definition) is 1. The Kier molecular flexibility index (Phi) is 4.93. The first-order valence-electron chi connectivity index (χ1n) is 7.15. The van der Waals surface area contributed by atoms with E-state index in [9.17, 15) is 9.50 Å². The van der Waals surface area contributed by atoms with Gasteiger partial charge in [-0.15, -0.1) is 0 Å². The zero-order valence-corrected chi connectivity index (χ0v) is 13.6. The quantitative estimate of drug-likeness (QED) is 0.927. The summed E-state index contributed by atoms with van der Waals surface area (Å²) >= 11 is 5.78. The highest BCUT2D eigenvalue weighted by molar-refractivity contribution is 6.30. The predicted octanol–water partition coefficient (Wildman–Crippen LogP) is 3.09. The average molecular weight is 316 g/mol. The third-order valence-corrected chi connectivity index (χ3v) is 4.75. The first-order chi connectivity index (χ1) is 9.77. The number of benzene rings is 1. The van der Waals surface area contributed by atoms with E-state index in [0.29, 0.717) is 43.2 Å². The summed E-state index contributed by atoms with van der Waals surface area (Å²) in [4.78, 5) is 2.16. The van der Waals surface area contributed by atoms with Crippen molar-refractivity contribution >= 4 is 11.6 Å². The van der Waals surface area contributed by atoms with Gasteiger partial charge in [-0.1, -0.05) is 31.5 Å². The van der Waals surface area contributed by atoms with Gasteiger partial charge >= 0.3 is 0 Å². The second-order valence-electron chi connectivity index (χ2n) is 6.54. The molecule has 0 amide bonds. The number of likely N-dealkylation sites (tertiary alicyclic amines) is 1. The summed E-state index contributed by atoms with van der Waals surface area (Å²) < 4.78 is 19.1. The summed E-state index contributed by atoms with van der Waals surface area (Å²) in [6.07, 6.45) is 0.614. The largest absolute Gasteiger partial charge is 0.387 e. The standard InChI is InChI=1S/C16H23ClFNO2/c1-15(2)10-19(7-6-16(15,20)11-21-3)9-12-4-5-13(17)8-14(12)18/h4-5,8,20H,6-7,9-11H2,1-3H3/t16-/m1/s1. The number of rotatable bonds is 4. The summed E-state index contributed by atoms with van der Waals surface area (Å²) in [6, 6.07) is 4.77. The van der Waals surface area contributed by atoms with Crippen molar-refractivity contribution in [2.75, 3.05) is 26.8 Å². The molecule has 1 aliphatic rings. The minimum absolute atomic E-state index is 0.280. The van der Waals surface area contributed by atoms with E-state index in [1.165, 1.54) is 6.07 Å². The van der Waals surface area contributed by atoms with Crippen LogP contribution >= 0.6 is 11.6 Å². The van der Waals surface area contributed by atoms with Crippen LogP contribution in [0.15, 0.2) is 18.2 Å². The van der Waals surface area contributed by atoms with Gasteiger partial charge in [-0.25, -0.2) is 4.39 Å². The van der Waals surface area contributed by atoms with Crippen molar-refractivity contribution < 1.29 is 14.2 Å². The topological polar surface area (TPSA) is 32.7 Å². The SMILES string of the molecule is COC[C@]1(O)CCN(Cc2ccc(Cl)cc2F)CC1(C)C. The molecule has 0 aromatic heterocycles. The van der Waals surface area contributed by atoms with Crippen LogP contribution in [0.2, 0.25) is 5.02 Å². The van der Waals surface area contributed by atoms with Crippen LogP contribution in [-0.4, -0.2) is 42.4 Å². The predicted molar refractivity (Wildman–Crippen MR) is 81.9 cm³/mol. The van der Waals surface area contributed by atoms with Gasteiger partial charge in [0, 0.05) is 42.7 Å². The van der Waals surface area contributed by atoms with Crippen LogP contribution in [0, 0.1) is 11.2 Å². The molecular formula is C16H23ClFNO2. The molecule has 2 rings (SSSR count). The van der Waals surface area contributed by atoms with E-state index in [0.717, 1.165) is 0 Å². The highest BCUT2D eigenvalue weighted by Crippen LogP contribution is 2.39. The zero-order chi connectivity index (χ0) is 15.7. The molecule has 21 heavy (non-hydrogen) atoms. The van der Waals surface area contributed by atoms with Crippen LogP contribution in [0.5, 0.6) is 0 Å². The van der Waals surface area contributed by atoms with Crippen molar-refractivity contribution in [1.29, 1.82) is 0 Å². The zero-order valence-electron chi connectivity index (χ0n) is 12.8. The summed E-state index contributed by atoms with van der Waals surface area (Å²) in [5.41, 5.74) is -0.520. The number of piperidine rings is 1. The lowest BCUT2D eigenvalue weighted by atomic mass is 9.70. The Labute approximate surface area is 130 Å². The summed E-state index contributed by atoms with van der Waals surface area (Å²) in [6.45, 7) is 6.30. The van der Waals surface area contributed by atoms with E-state index in [-0.39, 0.29) is 11.2 Å². The molecule has 1 aliphatic heterocycles.